The molecule has 80 valence electrons. The van der Waals surface area contributed by atoms with E-state index in [1.54, 1.807) is 0 Å². The molecule has 0 aromatic rings. The van der Waals surface area contributed by atoms with E-state index in [-0.39, 0.29) is 30.0 Å². The van der Waals surface area contributed by atoms with Gasteiger partial charge in [-0.1, -0.05) is 0 Å². The number of likely N-dealkylation sites (tertiary alicyclic amines) is 1. The van der Waals surface area contributed by atoms with Gasteiger partial charge < -0.3 is 5.11 Å². The molecular weight excluding hydrogens is 206 g/mol. The molecule has 0 aromatic heterocycles. The lowest BCUT2D eigenvalue weighted by Gasteiger charge is -2.48. The van der Waals surface area contributed by atoms with Gasteiger partial charge in [0.15, 0.2) is 9.84 Å². The molecule has 2 heterocycles. The van der Waals surface area contributed by atoms with Crippen LogP contribution in [-0.2, 0) is 14.6 Å². The Bertz CT molecular complexity index is 338. The maximum atomic E-state index is 10.9. The van der Waals surface area contributed by atoms with Crippen LogP contribution < -0.4 is 0 Å². The van der Waals surface area contributed by atoms with Gasteiger partial charge in [0.25, 0.3) is 0 Å². The summed E-state index contributed by atoms with van der Waals surface area (Å²) in [5.74, 6) is -0.381. The molecule has 5 nitrogen and oxygen atoms in total. The van der Waals surface area contributed by atoms with E-state index in [4.69, 9.17) is 5.11 Å². The fraction of sp³-hybridized carbons (Fsp3) is 0.875. The van der Waals surface area contributed by atoms with E-state index in [1.807, 2.05) is 4.90 Å². The molecule has 2 fully saturated rings. The van der Waals surface area contributed by atoms with Crippen LogP contribution >= 0.6 is 0 Å². The van der Waals surface area contributed by atoms with Crippen molar-refractivity contribution in [2.45, 2.75) is 24.9 Å². The fourth-order valence-electron chi connectivity index (χ4n) is 2.09. The molecule has 0 bridgehead atoms. The van der Waals surface area contributed by atoms with Crippen molar-refractivity contribution in [2.75, 3.05) is 18.1 Å². The Kier molecular flexibility index (Phi) is 2.27. The number of carboxylic acids is 1. The molecule has 2 saturated heterocycles. The van der Waals surface area contributed by atoms with Gasteiger partial charge in [-0.3, -0.25) is 9.69 Å². The second kappa shape index (κ2) is 3.20. The van der Waals surface area contributed by atoms with Gasteiger partial charge in [0, 0.05) is 18.6 Å². The highest BCUT2D eigenvalue weighted by molar-refractivity contribution is 7.92. The van der Waals surface area contributed by atoms with Gasteiger partial charge in [0.2, 0.25) is 0 Å². The van der Waals surface area contributed by atoms with E-state index in [1.165, 1.54) is 0 Å². The second-order valence-corrected chi connectivity index (χ2v) is 6.16. The molecule has 14 heavy (non-hydrogen) atoms. The van der Waals surface area contributed by atoms with Gasteiger partial charge in [-0.25, -0.2) is 8.42 Å². The first-order valence-corrected chi connectivity index (χ1v) is 6.48. The van der Waals surface area contributed by atoms with E-state index in [9.17, 15) is 13.2 Å². The van der Waals surface area contributed by atoms with Crippen LogP contribution in [0.5, 0.6) is 0 Å². The molecule has 0 aliphatic carbocycles. The molecule has 0 spiro atoms. The van der Waals surface area contributed by atoms with Crippen LogP contribution in [0.4, 0.5) is 0 Å². The zero-order valence-corrected chi connectivity index (χ0v) is 8.53. The van der Waals surface area contributed by atoms with Gasteiger partial charge in [0.1, 0.15) is 0 Å². The summed E-state index contributed by atoms with van der Waals surface area (Å²) in [5.41, 5.74) is 0. The summed E-state index contributed by atoms with van der Waals surface area (Å²) in [7, 11) is -2.79. The van der Waals surface area contributed by atoms with Gasteiger partial charge in [-0.15, -0.1) is 0 Å². The number of hydrogen-bond donors (Lipinski definition) is 1. The predicted molar refractivity (Wildman–Crippen MR) is 49.8 cm³/mol. The maximum absolute atomic E-state index is 10.9. The quantitative estimate of drug-likeness (QED) is 0.681. The number of carbonyl (C=O) groups is 1. The zero-order valence-electron chi connectivity index (χ0n) is 7.72. The third kappa shape index (κ3) is 1.76. The normalized spacial score (nSPS) is 31.9. The van der Waals surface area contributed by atoms with E-state index >= 15 is 0 Å². The minimum absolute atomic E-state index is 0.0630. The van der Waals surface area contributed by atoms with Crippen LogP contribution in [0.15, 0.2) is 0 Å². The highest BCUT2D eigenvalue weighted by atomic mass is 32.2. The van der Waals surface area contributed by atoms with Crippen molar-refractivity contribution in [1.82, 2.24) is 4.90 Å². The first-order valence-electron chi connectivity index (χ1n) is 4.66. The lowest BCUT2D eigenvalue weighted by molar-refractivity contribution is -0.140. The SMILES string of the molecule is O=C(O)CC1CCN1C1CS(=O)(=O)C1. The molecule has 0 saturated carbocycles. The third-order valence-electron chi connectivity index (χ3n) is 2.96. The summed E-state index contributed by atoms with van der Waals surface area (Å²) in [4.78, 5) is 12.5. The summed E-state index contributed by atoms with van der Waals surface area (Å²) in [6.45, 7) is 0.845. The van der Waals surface area contributed by atoms with Crippen molar-refractivity contribution in [1.29, 1.82) is 0 Å². The maximum Gasteiger partial charge on any atom is 0.304 e. The lowest BCUT2D eigenvalue weighted by atomic mass is 9.97. The Morgan fingerprint density at radius 3 is 2.43 bits per heavy atom. The average Bonchev–Trinajstić information content (AvgIpc) is 1.94. The molecule has 0 aromatic carbocycles. The van der Waals surface area contributed by atoms with E-state index < -0.39 is 15.8 Å². The monoisotopic (exact) mass is 219 g/mol. The number of sulfone groups is 1. The topological polar surface area (TPSA) is 74.7 Å². The first-order chi connectivity index (χ1) is 6.48. The van der Waals surface area contributed by atoms with Crippen molar-refractivity contribution < 1.29 is 18.3 Å². The largest absolute Gasteiger partial charge is 0.481 e. The number of aliphatic carboxylic acids is 1. The molecule has 2 rings (SSSR count). The summed E-state index contributed by atoms with van der Waals surface area (Å²) < 4.78 is 21.9. The minimum Gasteiger partial charge on any atom is -0.481 e. The second-order valence-electron chi connectivity index (χ2n) is 4.01. The number of hydrogen-bond acceptors (Lipinski definition) is 4. The van der Waals surface area contributed by atoms with Crippen molar-refractivity contribution in [3.05, 3.63) is 0 Å². The summed E-state index contributed by atoms with van der Waals surface area (Å²) in [5, 5.41) is 8.60. The average molecular weight is 219 g/mol. The van der Waals surface area contributed by atoms with Gasteiger partial charge in [-0.2, -0.15) is 0 Å². The Balaban J connectivity index is 1.86. The standard InChI is InChI=1S/C8H13NO4S/c10-8(11)3-6-1-2-9(6)7-4-14(12,13)5-7/h6-7H,1-5H2,(H,10,11). The third-order valence-corrected chi connectivity index (χ3v) is 4.75. The molecule has 1 atom stereocenters. The fourth-order valence-corrected chi connectivity index (χ4v) is 3.55. The molecule has 2 aliphatic rings. The Labute approximate surface area is 82.6 Å². The van der Waals surface area contributed by atoms with E-state index in [0.717, 1.165) is 13.0 Å². The molecule has 6 heteroatoms. The smallest absolute Gasteiger partial charge is 0.304 e. The molecule has 0 radical (unpaired) electrons. The molecule has 1 unspecified atom stereocenters. The van der Waals surface area contributed by atoms with Crippen molar-refractivity contribution in [2.24, 2.45) is 0 Å². The van der Waals surface area contributed by atoms with Crippen LogP contribution in [-0.4, -0.2) is 54.5 Å². The van der Waals surface area contributed by atoms with Crippen LogP contribution in [0, 0.1) is 0 Å². The Morgan fingerprint density at radius 2 is 2.07 bits per heavy atom. The van der Waals surface area contributed by atoms with Gasteiger partial charge in [0.05, 0.1) is 17.9 Å². The van der Waals surface area contributed by atoms with Crippen LogP contribution in [0.1, 0.15) is 12.8 Å². The van der Waals surface area contributed by atoms with Crippen LogP contribution in [0.2, 0.25) is 0 Å². The molecule has 1 N–H and O–H groups in total. The number of carboxylic acid groups (broad SMARTS) is 1. The first kappa shape index (κ1) is 9.92. The van der Waals surface area contributed by atoms with Crippen LogP contribution in [0.25, 0.3) is 0 Å². The van der Waals surface area contributed by atoms with E-state index in [2.05, 4.69) is 0 Å². The summed E-state index contributed by atoms with van der Waals surface area (Å²) in [6.07, 6.45) is 1.01. The number of nitrogens with zero attached hydrogens (tertiary/aromatic N) is 1. The minimum atomic E-state index is -2.79. The highest BCUT2D eigenvalue weighted by Crippen LogP contribution is 2.29. The van der Waals surface area contributed by atoms with Gasteiger partial charge >= 0.3 is 5.97 Å². The van der Waals surface area contributed by atoms with Crippen molar-refractivity contribution in [3.63, 3.8) is 0 Å². The molecule has 0 amide bonds. The molecular formula is C8H13NO4S. The van der Waals surface area contributed by atoms with Crippen molar-refractivity contribution in [3.8, 4) is 0 Å². The molecule has 2 aliphatic heterocycles. The van der Waals surface area contributed by atoms with Crippen molar-refractivity contribution >= 4 is 15.8 Å². The summed E-state index contributed by atoms with van der Waals surface area (Å²) in [6, 6.07) is 0.145. The summed E-state index contributed by atoms with van der Waals surface area (Å²) >= 11 is 0. The predicted octanol–water partition coefficient (Wildman–Crippen LogP) is -0.668. The lowest BCUT2D eigenvalue weighted by Crippen LogP contribution is -2.62. The van der Waals surface area contributed by atoms with Gasteiger partial charge in [-0.05, 0) is 6.42 Å². The highest BCUT2D eigenvalue weighted by Gasteiger charge is 2.44. The Hall–Kier alpha value is -0.620. The number of rotatable bonds is 3. The zero-order chi connectivity index (χ0) is 10.3. The van der Waals surface area contributed by atoms with Crippen LogP contribution in [0.3, 0.4) is 0 Å². The van der Waals surface area contributed by atoms with E-state index in [0.29, 0.717) is 0 Å². The Morgan fingerprint density at radius 1 is 1.43 bits per heavy atom.